The Labute approximate surface area is 207 Å². The van der Waals surface area contributed by atoms with E-state index in [0.717, 1.165) is 35.5 Å². The minimum Gasteiger partial charge on any atom is -0.103 e. The van der Waals surface area contributed by atoms with E-state index >= 15 is 0 Å². The van der Waals surface area contributed by atoms with Gasteiger partial charge in [-0.05, 0) is 113 Å². The summed E-state index contributed by atoms with van der Waals surface area (Å²) < 4.78 is 0. The van der Waals surface area contributed by atoms with E-state index in [2.05, 4.69) is 31.7 Å². The first-order chi connectivity index (χ1) is 16.2. The van der Waals surface area contributed by atoms with E-state index in [1.54, 1.807) is 5.57 Å². The van der Waals surface area contributed by atoms with Crippen molar-refractivity contribution in [3.05, 3.63) is 37.0 Å². The van der Waals surface area contributed by atoms with Gasteiger partial charge < -0.3 is 0 Å². The standard InChI is InChI=1S/C33H56/c1-4-6-7-8-9-14-30-23-25-31(26-24-30)27(3)33-18-13-12-17-32(33)16-11-10-15-29-21-19-28(5-2)20-22-29/h5,11,16,28-33H,2-4,6-10,12-15,17-26H2,1H3/b16-11+. The molecule has 0 heteroatoms. The molecule has 3 saturated carbocycles. The van der Waals surface area contributed by atoms with Crippen LogP contribution in [0.25, 0.3) is 0 Å². The Balaban J connectivity index is 1.37. The molecule has 0 N–H and O–H groups in total. The normalized spacial score (nSPS) is 33.2. The van der Waals surface area contributed by atoms with Crippen LogP contribution in [0.4, 0.5) is 0 Å². The lowest BCUT2D eigenvalue weighted by atomic mass is 9.68. The van der Waals surface area contributed by atoms with Gasteiger partial charge >= 0.3 is 0 Å². The molecule has 3 aliphatic rings. The molecule has 0 heterocycles. The average molecular weight is 453 g/mol. The van der Waals surface area contributed by atoms with Gasteiger partial charge in [-0.25, -0.2) is 0 Å². The average Bonchev–Trinajstić information content (AvgIpc) is 2.87. The van der Waals surface area contributed by atoms with Crippen LogP contribution in [-0.4, -0.2) is 0 Å². The van der Waals surface area contributed by atoms with E-state index < -0.39 is 0 Å². The maximum absolute atomic E-state index is 4.75. The maximum atomic E-state index is 4.75. The largest absolute Gasteiger partial charge is 0.103 e. The highest BCUT2D eigenvalue weighted by atomic mass is 14.4. The molecule has 188 valence electrons. The van der Waals surface area contributed by atoms with Crippen LogP contribution in [0.5, 0.6) is 0 Å². The molecule has 0 aromatic carbocycles. The lowest BCUT2D eigenvalue weighted by Gasteiger charge is -2.37. The Kier molecular flexibility index (Phi) is 12.4. The zero-order valence-electron chi connectivity index (χ0n) is 22.3. The van der Waals surface area contributed by atoms with Crippen LogP contribution in [0.3, 0.4) is 0 Å². The molecule has 0 aromatic rings. The summed E-state index contributed by atoms with van der Waals surface area (Å²) in [5.74, 6) is 5.14. The summed E-state index contributed by atoms with van der Waals surface area (Å²) in [6.07, 6.45) is 35.8. The van der Waals surface area contributed by atoms with Gasteiger partial charge in [0, 0.05) is 0 Å². The molecule has 33 heavy (non-hydrogen) atoms. The van der Waals surface area contributed by atoms with Crippen LogP contribution in [-0.2, 0) is 0 Å². The lowest BCUT2D eigenvalue weighted by Crippen LogP contribution is -2.26. The van der Waals surface area contributed by atoms with Crippen molar-refractivity contribution in [1.82, 2.24) is 0 Å². The Hall–Kier alpha value is -0.780. The first-order valence-corrected chi connectivity index (χ1v) is 15.2. The second-order valence-electron chi connectivity index (χ2n) is 12.1. The van der Waals surface area contributed by atoms with Crippen molar-refractivity contribution >= 4 is 0 Å². The van der Waals surface area contributed by atoms with E-state index in [9.17, 15) is 0 Å². The second-order valence-corrected chi connectivity index (χ2v) is 12.1. The molecule has 0 spiro atoms. The van der Waals surface area contributed by atoms with Gasteiger partial charge in [0.15, 0.2) is 0 Å². The third kappa shape index (κ3) is 9.07. The molecule has 3 fully saturated rings. The molecule has 0 aliphatic heterocycles. The highest BCUT2D eigenvalue weighted by Crippen LogP contribution is 2.44. The van der Waals surface area contributed by atoms with Crippen LogP contribution in [0, 0.1) is 35.5 Å². The summed E-state index contributed by atoms with van der Waals surface area (Å²) in [7, 11) is 0. The minimum absolute atomic E-state index is 0.772. The fourth-order valence-corrected chi connectivity index (χ4v) is 7.33. The Morgan fingerprint density at radius 3 is 2.15 bits per heavy atom. The number of unbranched alkanes of at least 4 members (excludes halogenated alkanes) is 4. The van der Waals surface area contributed by atoms with Crippen LogP contribution in [0.15, 0.2) is 37.0 Å². The Morgan fingerprint density at radius 2 is 1.42 bits per heavy atom. The van der Waals surface area contributed by atoms with Crippen molar-refractivity contribution < 1.29 is 0 Å². The van der Waals surface area contributed by atoms with E-state index in [0.29, 0.717) is 0 Å². The van der Waals surface area contributed by atoms with Gasteiger partial charge in [-0.3, -0.25) is 0 Å². The molecule has 0 saturated heterocycles. The highest BCUT2D eigenvalue weighted by molar-refractivity contribution is 5.13. The molecule has 2 unspecified atom stereocenters. The third-order valence-corrected chi connectivity index (χ3v) is 9.73. The summed E-state index contributed by atoms with van der Waals surface area (Å²) in [5.41, 5.74) is 1.65. The van der Waals surface area contributed by atoms with Crippen LogP contribution in [0.2, 0.25) is 0 Å². The van der Waals surface area contributed by atoms with Gasteiger partial charge in [-0.15, -0.1) is 6.58 Å². The van der Waals surface area contributed by atoms with Crippen LogP contribution < -0.4 is 0 Å². The molecular formula is C33H56. The zero-order valence-corrected chi connectivity index (χ0v) is 22.3. The highest BCUT2D eigenvalue weighted by Gasteiger charge is 2.31. The van der Waals surface area contributed by atoms with Crippen molar-refractivity contribution in [2.45, 2.75) is 135 Å². The summed E-state index contributed by atoms with van der Waals surface area (Å²) >= 11 is 0. The zero-order chi connectivity index (χ0) is 23.3. The quantitative estimate of drug-likeness (QED) is 0.192. The van der Waals surface area contributed by atoms with Gasteiger partial charge in [0.05, 0.1) is 0 Å². The van der Waals surface area contributed by atoms with Crippen LogP contribution >= 0.6 is 0 Å². The van der Waals surface area contributed by atoms with Crippen molar-refractivity contribution in [3.8, 4) is 0 Å². The Morgan fingerprint density at radius 1 is 0.758 bits per heavy atom. The van der Waals surface area contributed by atoms with Gasteiger partial charge in [0.1, 0.15) is 0 Å². The van der Waals surface area contributed by atoms with E-state index in [-0.39, 0.29) is 0 Å². The fourth-order valence-electron chi connectivity index (χ4n) is 7.33. The molecule has 0 bridgehead atoms. The first-order valence-electron chi connectivity index (χ1n) is 15.2. The monoisotopic (exact) mass is 452 g/mol. The van der Waals surface area contributed by atoms with Crippen molar-refractivity contribution in [1.29, 1.82) is 0 Å². The summed E-state index contributed by atoms with van der Waals surface area (Å²) in [5, 5.41) is 0. The van der Waals surface area contributed by atoms with Crippen LogP contribution in [0.1, 0.15) is 135 Å². The third-order valence-electron chi connectivity index (χ3n) is 9.73. The molecule has 0 amide bonds. The lowest BCUT2D eigenvalue weighted by molar-refractivity contribution is 0.242. The number of hydrogen-bond donors (Lipinski definition) is 0. The van der Waals surface area contributed by atoms with Gasteiger partial charge in [-0.1, -0.05) is 88.7 Å². The molecular weight excluding hydrogens is 396 g/mol. The summed E-state index contributed by atoms with van der Waals surface area (Å²) in [6.45, 7) is 11.1. The molecule has 0 nitrogen and oxygen atoms in total. The topological polar surface area (TPSA) is 0 Å². The molecule has 0 radical (unpaired) electrons. The molecule has 0 aromatic heterocycles. The predicted molar refractivity (Wildman–Crippen MR) is 147 cm³/mol. The first kappa shape index (κ1) is 26.8. The number of hydrogen-bond acceptors (Lipinski definition) is 0. The number of allylic oxidation sites excluding steroid dienone is 4. The van der Waals surface area contributed by atoms with Crippen molar-refractivity contribution in [3.63, 3.8) is 0 Å². The summed E-state index contributed by atoms with van der Waals surface area (Å²) in [4.78, 5) is 0. The van der Waals surface area contributed by atoms with Crippen molar-refractivity contribution in [2.75, 3.05) is 0 Å². The predicted octanol–water partition coefficient (Wildman–Crippen LogP) is 10.8. The SMILES string of the molecule is C=CC1CCC(CC/C=C/C2CCCCC2C(=C)C2CCC(CCCCCCC)CC2)CC1. The van der Waals surface area contributed by atoms with Gasteiger partial charge in [0.25, 0.3) is 0 Å². The number of rotatable bonds is 13. The van der Waals surface area contributed by atoms with Gasteiger partial charge in [-0.2, -0.15) is 0 Å². The Bertz CT molecular complexity index is 567. The van der Waals surface area contributed by atoms with E-state index in [1.807, 2.05) is 0 Å². The maximum Gasteiger partial charge on any atom is -0.0140 e. The summed E-state index contributed by atoms with van der Waals surface area (Å²) in [6, 6.07) is 0. The smallest absolute Gasteiger partial charge is 0.0140 e. The van der Waals surface area contributed by atoms with Crippen molar-refractivity contribution in [2.24, 2.45) is 35.5 Å². The molecule has 3 rings (SSSR count). The fraction of sp³-hybridized carbons (Fsp3) is 0.818. The molecule has 2 atom stereocenters. The van der Waals surface area contributed by atoms with E-state index in [4.69, 9.17) is 6.58 Å². The molecule has 3 aliphatic carbocycles. The van der Waals surface area contributed by atoms with E-state index in [1.165, 1.54) is 128 Å². The van der Waals surface area contributed by atoms with Gasteiger partial charge in [0.2, 0.25) is 0 Å². The minimum atomic E-state index is 0.772. The second kappa shape index (κ2) is 15.3.